The van der Waals surface area contributed by atoms with Crippen molar-refractivity contribution in [3.8, 4) is 11.8 Å². The molecule has 1 atom stereocenters. The van der Waals surface area contributed by atoms with Gasteiger partial charge in [0.25, 0.3) is 5.91 Å². The maximum Gasteiger partial charge on any atom is 0.270 e. The van der Waals surface area contributed by atoms with E-state index in [-0.39, 0.29) is 18.6 Å². The van der Waals surface area contributed by atoms with Crippen LogP contribution in [0.15, 0.2) is 18.3 Å². The number of piperidine rings is 3. The van der Waals surface area contributed by atoms with E-state index in [2.05, 4.69) is 27.0 Å². The SMILES string of the molecule is O=C(NC1CN2CCC1CC2)c1cc2sc(C#CCO)cc2cn1. The number of amides is 1. The number of fused-ring (bicyclic) bond motifs is 4. The van der Waals surface area contributed by atoms with Crippen molar-refractivity contribution in [3.05, 3.63) is 28.9 Å². The van der Waals surface area contributed by atoms with Gasteiger partial charge in [0.1, 0.15) is 12.3 Å². The van der Waals surface area contributed by atoms with Gasteiger partial charge >= 0.3 is 0 Å². The lowest BCUT2D eigenvalue weighted by molar-refractivity contribution is 0.0618. The van der Waals surface area contributed by atoms with Gasteiger partial charge in [-0.1, -0.05) is 11.8 Å². The Bertz CT molecular complexity index is 828. The summed E-state index contributed by atoms with van der Waals surface area (Å²) >= 11 is 1.51. The Kier molecular flexibility index (Phi) is 4.23. The number of carbonyl (C=O) groups excluding carboxylic acids is 1. The Morgan fingerprint density at radius 1 is 1.42 bits per heavy atom. The zero-order chi connectivity index (χ0) is 16.5. The number of pyridine rings is 1. The molecule has 6 heteroatoms. The molecule has 124 valence electrons. The number of carbonyl (C=O) groups is 1. The quantitative estimate of drug-likeness (QED) is 0.812. The molecule has 2 aromatic rings. The first-order valence-electron chi connectivity index (χ1n) is 8.25. The second-order valence-electron chi connectivity index (χ2n) is 6.40. The fraction of sp³-hybridized carbons (Fsp3) is 0.444. The minimum atomic E-state index is -0.153. The van der Waals surface area contributed by atoms with Crippen molar-refractivity contribution < 1.29 is 9.90 Å². The van der Waals surface area contributed by atoms with Gasteiger partial charge in [0.2, 0.25) is 0 Å². The van der Waals surface area contributed by atoms with Crippen molar-refractivity contribution in [3.63, 3.8) is 0 Å². The molecule has 0 saturated carbocycles. The molecule has 5 heterocycles. The Labute approximate surface area is 144 Å². The van der Waals surface area contributed by atoms with E-state index in [1.165, 1.54) is 24.2 Å². The highest BCUT2D eigenvalue weighted by Crippen LogP contribution is 2.28. The summed E-state index contributed by atoms with van der Waals surface area (Å²) in [6.07, 6.45) is 4.08. The van der Waals surface area contributed by atoms with Gasteiger partial charge in [0, 0.05) is 28.9 Å². The molecular weight excluding hydrogens is 322 g/mol. The summed E-state index contributed by atoms with van der Waals surface area (Å²) in [5.74, 6) is 6.06. The molecule has 0 aliphatic carbocycles. The molecule has 1 amide bonds. The average molecular weight is 341 g/mol. The largest absolute Gasteiger partial charge is 0.384 e. The molecule has 5 rings (SSSR count). The van der Waals surface area contributed by atoms with Gasteiger partial charge in [-0.15, -0.1) is 11.3 Å². The van der Waals surface area contributed by atoms with Gasteiger partial charge < -0.3 is 15.3 Å². The number of rotatable bonds is 2. The fourth-order valence-corrected chi connectivity index (χ4v) is 4.56. The lowest BCUT2D eigenvalue weighted by atomic mass is 9.84. The number of hydrogen-bond acceptors (Lipinski definition) is 5. The van der Waals surface area contributed by atoms with E-state index >= 15 is 0 Å². The number of hydrogen-bond donors (Lipinski definition) is 2. The number of aromatic nitrogens is 1. The molecule has 2 N–H and O–H groups in total. The van der Waals surface area contributed by atoms with Crippen LogP contribution in [0.5, 0.6) is 0 Å². The standard InChI is InChI=1S/C18H19N3O2S/c22-7-1-2-14-8-13-10-19-15(9-17(13)24-14)18(23)20-16-11-21-5-3-12(16)4-6-21/h8-10,12,16,22H,3-7,11H2,(H,20,23). The predicted molar refractivity (Wildman–Crippen MR) is 94.0 cm³/mol. The topological polar surface area (TPSA) is 65.5 Å². The van der Waals surface area contributed by atoms with Crippen molar-refractivity contribution >= 4 is 27.3 Å². The minimum absolute atomic E-state index is 0.0907. The minimum Gasteiger partial charge on any atom is -0.384 e. The Morgan fingerprint density at radius 3 is 2.96 bits per heavy atom. The molecule has 2 aromatic heterocycles. The highest BCUT2D eigenvalue weighted by molar-refractivity contribution is 7.19. The summed E-state index contributed by atoms with van der Waals surface area (Å²) in [5.41, 5.74) is 0.461. The Balaban J connectivity index is 1.51. The van der Waals surface area contributed by atoms with E-state index in [1.807, 2.05) is 12.1 Å². The lowest BCUT2D eigenvalue weighted by Gasteiger charge is -2.44. The monoisotopic (exact) mass is 341 g/mol. The van der Waals surface area contributed by atoms with E-state index in [0.29, 0.717) is 11.6 Å². The number of nitrogens with zero attached hydrogens (tertiary/aromatic N) is 2. The van der Waals surface area contributed by atoms with Crippen LogP contribution in [0.2, 0.25) is 0 Å². The summed E-state index contributed by atoms with van der Waals surface area (Å²) < 4.78 is 0.992. The maximum absolute atomic E-state index is 12.6. The number of aliphatic hydroxyl groups is 1. The third-order valence-corrected chi connectivity index (χ3v) is 5.91. The average Bonchev–Trinajstić information content (AvgIpc) is 3.03. The summed E-state index contributed by atoms with van der Waals surface area (Å²) in [6.45, 7) is 3.13. The summed E-state index contributed by atoms with van der Waals surface area (Å²) in [7, 11) is 0. The van der Waals surface area contributed by atoms with E-state index in [4.69, 9.17) is 5.11 Å². The zero-order valence-corrected chi connectivity index (χ0v) is 14.1. The molecule has 2 bridgehead atoms. The van der Waals surface area contributed by atoms with Crippen molar-refractivity contribution in [1.82, 2.24) is 15.2 Å². The van der Waals surface area contributed by atoms with Gasteiger partial charge in [0.15, 0.2) is 0 Å². The number of aliphatic hydroxyl groups excluding tert-OH is 1. The molecule has 1 unspecified atom stereocenters. The molecular formula is C18H19N3O2S. The number of thiophene rings is 1. The van der Waals surface area contributed by atoms with E-state index in [0.717, 1.165) is 34.6 Å². The second-order valence-corrected chi connectivity index (χ2v) is 7.48. The smallest absolute Gasteiger partial charge is 0.270 e. The van der Waals surface area contributed by atoms with Crippen LogP contribution in [0.3, 0.4) is 0 Å². The van der Waals surface area contributed by atoms with Crippen molar-refractivity contribution in [2.75, 3.05) is 26.2 Å². The predicted octanol–water partition coefficient (Wildman–Crippen LogP) is 1.46. The molecule has 0 radical (unpaired) electrons. The Hall–Kier alpha value is -1.94. The van der Waals surface area contributed by atoms with Crippen LogP contribution >= 0.6 is 11.3 Å². The van der Waals surface area contributed by atoms with Crippen LogP contribution in [-0.4, -0.2) is 53.2 Å². The van der Waals surface area contributed by atoms with Crippen LogP contribution in [0.1, 0.15) is 28.2 Å². The van der Waals surface area contributed by atoms with Crippen LogP contribution in [0.4, 0.5) is 0 Å². The van der Waals surface area contributed by atoms with Crippen molar-refractivity contribution in [2.45, 2.75) is 18.9 Å². The molecule has 3 saturated heterocycles. The highest BCUT2D eigenvalue weighted by Gasteiger charge is 2.35. The van der Waals surface area contributed by atoms with Crippen LogP contribution in [-0.2, 0) is 0 Å². The van der Waals surface area contributed by atoms with Crippen LogP contribution in [0.25, 0.3) is 10.1 Å². The second kappa shape index (κ2) is 6.52. The van der Waals surface area contributed by atoms with E-state index < -0.39 is 0 Å². The van der Waals surface area contributed by atoms with Gasteiger partial charge in [-0.05, 0) is 44.0 Å². The Morgan fingerprint density at radius 2 is 2.25 bits per heavy atom. The van der Waals surface area contributed by atoms with Gasteiger partial charge in [0.05, 0.1) is 4.88 Å². The third kappa shape index (κ3) is 3.03. The van der Waals surface area contributed by atoms with E-state index in [9.17, 15) is 4.79 Å². The number of nitrogens with one attached hydrogen (secondary N) is 1. The summed E-state index contributed by atoms with van der Waals surface area (Å²) in [5, 5.41) is 12.9. The first-order chi connectivity index (χ1) is 11.7. The molecule has 0 aromatic carbocycles. The van der Waals surface area contributed by atoms with Crippen LogP contribution in [0, 0.1) is 17.8 Å². The van der Waals surface area contributed by atoms with Crippen LogP contribution < -0.4 is 5.32 Å². The molecule has 3 aliphatic rings. The maximum atomic E-state index is 12.6. The van der Waals surface area contributed by atoms with Gasteiger partial charge in [-0.25, -0.2) is 0 Å². The van der Waals surface area contributed by atoms with Crippen molar-refractivity contribution in [2.24, 2.45) is 5.92 Å². The fourth-order valence-electron chi connectivity index (χ4n) is 3.62. The molecule has 24 heavy (non-hydrogen) atoms. The molecule has 5 nitrogen and oxygen atoms in total. The normalized spacial score (nSPS) is 25.3. The first kappa shape index (κ1) is 15.6. The zero-order valence-electron chi connectivity index (χ0n) is 13.3. The summed E-state index contributed by atoms with van der Waals surface area (Å²) in [4.78, 5) is 20.2. The molecule has 0 spiro atoms. The molecule has 3 fully saturated rings. The molecule has 3 aliphatic heterocycles. The van der Waals surface area contributed by atoms with E-state index in [1.54, 1.807) is 6.20 Å². The third-order valence-electron chi connectivity index (χ3n) is 4.90. The lowest BCUT2D eigenvalue weighted by Crippen LogP contribution is -2.57. The van der Waals surface area contributed by atoms with Gasteiger partial charge in [-0.2, -0.15) is 0 Å². The highest BCUT2D eigenvalue weighted by atomic mass is 32.1. The van der Waals surface area contributed by atoms with Gasteiger partial charge in [-0.3, -0.25) is 9.78 Å². The van der Waals surface area contributed by atoms with Crippen molar-refractivity contribution in [1.29, 1.82) is 0 Å². The first-order valence-corrected chi connectivity index (χ1v) is 9.07. The summed E-state index contributed by atoms with van der Waals surface area (Å²) in [6, 6.07) is 4.01.